The van der Waals surface area contributed by atoms with Gasteiger partial charge in [0.25, 0.3) is 5.91 Å². The lowest BCUT2D eigenvalue weighted by molar-refractivity contribution is -0.112. The van der Waals surface area contributed by atoms with Crippen LogP contribution in [0.3, 0.4) is 0 Å². The Bertz CT molecular complexity index is 955. The molecule has 2 rings (SSSR count). The van der Waals surface area contributed by atoms with Crippen molar-refractivity contribution in [2.75, 3.05) is 18.5 Å². The fourth-order valence-electron chi connectivity index (χ4n) is 2.32. The normalized spacial score (nSPS) is 10.9. The number of rotatable bonds is 7. The smallest absolute Gasteiger partial charge is 0.266 e. The number of halogens is 3. The van der Waals surface area contributed by atoms with Crippen molar-refractivity contribution in [2.45, 2.75) is 13.8 Å². The Morgan fingerprint density at radius 1 is 1.21 bits per heavy atom. The van der Waals surface area contributed by atoms with Gasteiger partial charge in [-0.3, -0.25) is 4.79 Å². The molecule has 0 radical (unpaired) electrons. The summed E-state index contributed by atoms with van der Waals surface area (Å²) in [4.78, 5) is 12.5. The van der Waals surface area contributed by atoms with Crippen LogP contribution in [0.25, 0.3) is 6.08 Å². The molecule has 2 aromatic rings. The highest BCUT2D eigenvalue weighted by Crippen LogP contribution is 2.35. The zero-order valence-corrected chi connectivity index (χ0v) is 18.9. The monoisotopic (exact) mass is 530 g/mol. The SMILES string of the molecule is CCOc1cc(/C=C(/C#N)C(=O)Nc2cc(Cl)ccc2Cl)cc(I)c1OCC. The molecular formula is C20H17Cl2IN2O3. The summed E-state index contributed by atoms with van der Waals surface area (Å²) in [6.07, 6.45) is 1.48. The van der Waals surface area contributed by atoms with E-state index in [1.54, 1.807) is 18.2 Å². The van der Waals surface area contributed by atoms with Gasteiger partial charge in [0.2, 0.25) is 0 Å². The number of benzene rings is 2. The molecule has 0 bridgehead atoms. The van der Waals surface area contributed by atoms with Gasteiger partial charge in [0.15, 0.2) is 11.5 Å². The second-order valence-corrected chi connectivity index (χ2v) is 7.45. The van der Waals surface area contributed by atoms with Crippen molar-refractivity contribution in [3.63, 3.8) is 0 Å². The number of amides is 1. The average Bonchev–Trinajstić information content (AvgIpc) is 2.65. The number of nitrogens with one attached hydrogen (secondary N) is 1. The van der Waals surface area contributed by atoms with Gasteiger partial charge in [-0.05, 0) is 78.4 Å². The fraction of sp³-hybridized carbons (Fsp3) is 0.200. The van der Waals surface area contributed by atoms with E-state index in [0.29, 0.717) is 46.0 Å². The number of carbonyl (C=O) groups excluding carboxylic acids is 1. The van der Waals surface area contributed by atoms with Gasteiger partial charge in [0.05, 0.1) is 27.5 Å². The van der Waals surface area contributed by atoms with Crippen molar-refractivity contribution in [1.82, 2.24) is 0 Å². The molecule has 0 saturated heterocycles. The molecule has 0 aliphatic carbocycles. The quantitative estimate of drug-likeness (QED) is 0.273. The minimum atomic E-state index is -0.589. The number of nitrogens with zero attached hydrogens (tertiary/aromatic N) is 1. The Hall–Kier alpha value is -1.95. The summed E-state index contributed by atoms with van der Waals surface area (Å²) in [5.41, 5.74) is 0.884. The van der Waals surface area contributed by atoms with Gasteiger partial charge in [0.1, 0.15) is 11.6 Å². The predicted octanol–water partition coefficient (Wildman–Crippen LogP) is 5.94. The lowest BCUT2D eigenvalue weighted by Gasteiger charge is -2.14. The topological polar surface area (TPSA) is 71.3 Å². The van der Waals surface area contributed by atoms with Crippen LogP contribution in [0.15, 0.2) is 35.9 Å². The molecule has 2 aromatic carbocycles. The van der Waals surface area contributed by atoms with Crippen molar-refractivity contribution < 1.29 is 14.3 Å². The highest BCUT2D eigenvalue weighted by atomic mass is 127. The molecule has 146 valence electrons. The summed E-state index contributed by atoms with van der Waals surface area (Å²) >= 11 is 14.1. The number of hydrogen-bond donors (Lipinski definition) is 1. The molecule has 0 unspecified atom stereocenters. The fourth-order valence-corrected chi connectivity index (χ4v) is 3.43. The van der Waals surface area contributed by atoms with Crippen LogP contribution in [0.1, 0.15) is 19.4 Å². The third-order valence-corrected chi connectivity index (χ3v) is 4.84. The van der Waals surface area contributed by atoms with Gasteiger partial charge in [-0.15, -0.1) is 0 Å². The van der Waals surface area contributed by atoms with Crippen molar-refractivity contribution in [2.24, 2.45) is 0 Å². The first-order valence-corrected chi connectivity index (χ1v) is 10.2. The van der Waals surface area contributed by atoms with Crippen LogP contribution in [0.2, 0.25) is 10.0 Å². The molecule has 0 aromatic heterocycles. The van der Waals surface area contributed by atoms with Crippen molar-refractivity contribution in [1.29, 1.82) is 5.26 Å². The summed E-state index contributed by atoms with van der Waals surface area (Å²) in [6, 6.07) is 10.1. The molecule has 8 heteroatoms. The first kappa shape index (κ1) is 22.3. The second kappa shape index (κ2) is 10.6. The van der Waals surface area contributed by atoms with E-state index in [4.69, 9.17) is 32.7 Å². The van der Waals surface area contributed by atoms with Crippen LogP contribution < -0.4 is 14.8 Å². The summed E-state index contributed by atoms with van der Waals surface area (Å²) in [6.45, 7) is 4.71. The summed E-state index contributed by atoms with van der Waals surface area (Å²) in [7, 11) is 0. The van der Waals surface area contributed by atoms with Crippen LogP contribution in [0, 0.1) is 14.9 Å². The third kappa shape index (κ3) is 5.77. The van der Waals surface area contributed by atoms with E-state index in [1.165, 1.54) is 12.1 Å². The molecule has 0 saturated carbocycles. The molecule has 1 N–H and O–H groups in total. The zero-order valence-electron chi connectivity index (χ0n) is 15.2. The van der Waals surface area contributed by atoms with Crippen molar-refractivity contribution >= 4 is 63.5 Å². The standard InChI is InChI=1S/C20H17Cl2IN2O3/c1-3-27-18-9-12(8-16(23)19(18)28-4-2)7-13(11-24)20(26)25-17-10-14(21)5-6-15(17)22/h5-10H,3-4H2,1-2H3,(H,25,26)/b13-7-. The molecule has 0 atom stereocenters. The number of carbonyl (C=O) groups is 1. The molecule has 0 spiro atoms. The largest absolute Gasteiger partial charge is 0.490 e. The van der Waals surface area contributed by atoms with E-state index in [1.807, 2.05) is 26.0 Å². The molecular weight excluding hydrogens is 514 g/mol. The molecule has 5 nitrogen and oxygen atoms in total. The third-order valence-electron chi connectivity index (χ3n) is 3.47. The second-order valence-electron chi connectivity index (χ2n) is 5.44. The lowest BCUT2D eigenvalue weighted by atomic mass is 10.1. The average molecular weight is 531 g/mol. The zero-order chi connectivity index (χ0) is 20.7. The number of anilines is 1. The van der Waals surface area contributed by atoms with E-state index >= 15 is 0 Å². The molecule has 1 amide bonds. The van der Waals surface area contributed by atoms with Crippen molar-refractivity contribution in [3.05, 3.63) is 55.1 Å². The summed E-state index contributed by atoms with van der Waals surface area (Å²) < 4.78 is 12.1. The van der Waals surface area contributed by atoms with Gasteiger partial charge < -0.3 is 14.8 Å². The molecule has 0 heterocycles. The summed E-state index contributed by atoms with van der Waals surface area (Å²) in [5, 5.41) is 12.8. The van der Waals surface area contributed by atoms with Gasteiger partial charge >= 0.3 is 0 Å². The maximum atomic E-state index is 12.5. The highest BCUT2D eigenvalue weighted by molar-refractivity contribution is 14.1. The molecule has 0 fully saturated rings. The van der Waals surface area contributed by atoms with Gasteiger partial charge in [0, 0.05) is 5.02 Å². The first-order chi connectivity index (χ1) is 13.4. The lowest BCUT2D eigenvalue weighted by Crippen LogP contribution is -2.13. The maximum absolute atomic E-state index is 12.5. The molecule has 0 aliphatic rings. The summed E-state index contributed by atoms with van der Waals surface area (Å²) in [5.74, 6) is 0.599. The van der Waals surface area contributed by atoms with Gasteiger partial charge in [-0.25, -0.2) is 0 Å². The van der Waals surface area contributed by atoms with Gasteiger partial charge in [-0.1, -0.05) is 23.2 Å². The number of nitriles is 1. The van der Waals surface area contributed by atoms with Crippen LogP contribution in [0.4, 0.5) is 5.69 Å². The molecule has 28 heavy (non-hydrogen) atoms. The van der Waals surface area contributed by atoms with E-state index in [-0.39, 0.29) is 5.57 Å². The maximum Gasteiger partial charge on any atom is 0.266 e. The van der Waals surface area contributed by atoms with E-state index in [9.17, 15) is 10.1 Å². The molecule has 0 aliphatic heterocycles. The van der Waals surface area contributed by atoms with Crippen LogP contribution >= 0.6 is 45.8 Å². The van der Waals surface area contributed by atoms with Crippen LogP contribution in [-0.2, 0) is 4.79 Å². The first-order valence-electron chi connectivity index (χ1n) is 8.36. The Labute approximate surface area is 187 Å². The van der Waals surface area contributed by atoms with E-state index < -0.39 is 5.91 Å². The Morgan fingerprint density at radius 3 is 2.57 bits per heavy atom. The highest BCUT2D eigenvalue weighted by Gasteiger charge is 2.15. The number of hydrogen-bond acceptors (Lipinski definition) is 4. The minimum Gasteiger partial charge on any atom is -0.490 e. The van der Waals surface area contributed by atoms with E-state index in [0.717, 1.165) is 3.57 Å². The van der Waals surface area contributed by atoms with Crippen LogP contribution in [-0.4, -0.2) is 19.1 Å². The Kier molecular flexibility index (Phi) is 8.42. The predicted molar refractivity (Wildman–Crippen MR) is 120 cm³/mol. The van der Waals surface area contributed by atoms with Crippen LogP contribution in [0.5, 0.6) is 11.5 Å². The number of ether oxygens (including phenoxy) is 2. The Balaban J connectivity index is 2.36. The Morgan fingerprint density at radius 2 is 1.93 bits per heavy atom. The van der Waals surface area contributed by atoms with E-state index in [2.05, 4.69) is 27.9 Å². The van der Waals surface area contributed by atoms with Gasteiger partial charge in [-0.2, -0.15) is 5.26 Å². The minimum absolute atomic E-state index is 0.0848. The van der Waals surface area contributed by atoms with Crippen molar-refractivity contribution in [3.8, 4) is 17.6 Å².